The zero-order valence-corrected chi connectivity index (χ0v) is 15.5. The van der Waals surface area contributed by atoms with Gasteiger partial charge in [0.2, 0.25) is 0 Å². The number of carbonyl (C=O) groups excluding carboxylic acids is 1. The maximum Gasteiger partial charge on any atom is 0.280 e. The molecule has 0 saturated carbocycles. The van der Waals surface area contributed by atoms with Crippen molar-refractivity contribution >= 4 is 34.3 Å². The molecule has 0 radical (unpaired) electrons. The van der Waals surface area contributed by atoms with Crippen molar-refractivity contribution in [2.75, 3.05) is 5.01 Å². The Morgan fingerprint density at radius 2 is 1.74 bits per heavy atom. The van der Waals surface area contributed by atoms with Gasteiger partial charge in [0.1, 0.15) is 0 Å². The average molecular weight is 355 g/mol. The molecule has 1 amide bonds. The summed E-state index contributed by atoms with van der Waals surface area (Å²) < 4.78 is 2.22. The number of hydrazone groups is 1. The second kappa shape index (κ2) is 6.72. The van der Waals surface area contributed by atoms with E-state index in [1.54, 1.807) is 0 Å². The Kier molecular flexibility index (Phi) is 4.24. The van der Waals surface area contributed by atoms with Crippen LogP contribution in [0.2, 0.25) is 0 Å². The van der Waals surface area contributed by atoms with Crippen molar-refractivity contribution in [2.45, 2.75) is 20.4 Å². The van der Waals surface area contributed by atoms with Crippen molar-refractivity contribution in [3.63, 3.8) is 0 Å². The van der Waals surface area contributed by atoms with Crippen LogP contribution in [0.25, 0.3) is 17.0 Å². The third-order valence-electron chi connectivity index (χ3n) is 4.94. The second-order valence-corrected chi connectivity index (χ2v) is 6.61. The Bertz CT molecular complexity index is 1100. The Balaban J connectivity index is 1.83. The summed E-state index contributed by atoms with van der Waals surface area (Å²) >= 11 is 0. The highest BCUT2D eigenvalue weighted by Gasteiger charge is 2.29. The molecule has 0 aliphatic carbocycles. The molecule has 0 saturated heterocycles. The Morgan fingerprint density at radius 3 is 2.48 bits per heavy atom. The summed E-state index contributed by atoms with van der Waals surface area (Å²) in [6.07, 6.45) is 3.86. The summed E-state index contributed by atoms with van der Waals surface area (Å²) in [6.45, 7) is 8.56. The van der Waals surface area contributed by atoms with Gasteiger partial charge in [-0.15, -0.1) is 6.58 Å². The van der Waals surface area contributed by atoms with Gasteiger partial charge < -0.3 is 4.57 Å². The van der Waals surface area contributed by atoms with Crippen molar-refractivity contribution in [3.8, 4) is 0 Å². The molecule has 4 heteroatoms. The molecule has 2 aromatic carbocycles. The van der Waals surface area contributed by atoms with E-state index in [4.69, 9.17) is 0 Å². The number of carbonyl (C=O) groups is 1. The van der Waals surface area contributed by atoms with E-state index in [1.807, 2.05) is 61.5 Å². The third-order valence-corrected chi connectivity index (χ3v) is 4.94. The van der Waals surface area contributed by atoms with Crippen molar-refractivity contribution < 1.29 is 4.79 Å². The molecule has 3 aromatic rings. The number of hydrogen-bond donors (Lipinski definition) is 0. The highest BCUT2D eigenvalue weighted by atomic mass is 16.2. The lowest BCUT2D eigenvalue weighted by Gasteiger charge is -2.11. The molecule has 1 aliphatic rings. The molecule has 0 unspecified atom stereocenters. The largest absolute Gasteiger partial charge is 0.340 e. The van der Waals surface area contributed by atoms with E-state index in [-0.39, 0.29) is 5.91 Å². The first-order valence-electron chi connectivity index (χ1n) is 8.97. The number of rotatable bonds is 4. The predicted octanol–water partition coefficient (Wildman–Crippen LogP) is 4.94. The van der Waals surface area contributed by atoms with Crippen LogP contribution in [-0.4, -0.2) is 16.2 Å². The molecule has 27 heavy (non-hydrogen) atoms. The van der Waals surface area contributed by atoms with Crippen molar-refractivity contribution in [1.29, 1.82) is 0 Å². The molecular formula is C23H21N3O. The standard InChI is InChI=1S/C23H21N3O/c1-4-14-25-17(3)21(19-12-8-9-13-22(19)25)15-20-16(2)24-26(23(20)27)18-10-6-5-7-11-18/h4-13,15H,1,14H2,2-3H3/b20-15+. The number of para-hydroxylation sites is 2. The van der Waals surface area contributed by atoms with Crippen molar-refractivity contribution in [3.05, 3.63) is 84.1 Å². The average Bonchev–Trinajstić information content (AvgIpc) is 3.12. The fourth-order valence-electron chi connectivity index (χ4n) is 3.58. The molecule has 4 rings (SSSR count). The zero-order chi connectivity index (χ0) is 19.0. The van der Waals surface area contributed by atoms with Crippen LogP contribution < -0.4 is 5.01 Å². The summed E-state index contributed by atoms with van der Waals surface area (Å²) in [5.41, 5.74) is 5.44. The molecule has 4 nitrogen and oxygen atoms in total. The van der Waals surface area contributed by atoms with Gasteiger partial charge in [0.25, 0.3) is 5.91 Å². The van der Waals surface area contributed by atoms with Gasteiger partial charge in [-0.05, 0) is 38.1 Å². The van der Waals surface area contributed by atoms with E-state index < -0.39 is 0 Å². The first kappa shape index (κ1) is 17.0. The van der Waals surface area contributed by atoms with Gasteiger partial charge in [0.15, 0.2) is 0 Å². The van der Waals surface area contributed by atoms with Crippen LogP contribution >= 0.6 is 0 Å². The van der Waals surface area contributed by atoms with Crippen LogP contribution in [0.15, 0.2) is 77.9 Å². The lowest BCUT2D eigenvalue weighted by molar-refractivity contribution is -0.114. The van der Waals surface area contributed by atoms with Gasteiger partial charge in [-0.1, -0.05) is 42.5 Å². The third kappa shape index (κ3) is 2.79. The number of fused-ring (bicyclic) bond motifs is 1. The molecule has 2 heterocycles. The van der Waals surface area contributed by atoms with Crippen LogP contribution in [-0.2, 0) is 11.3 Å². The van der Waals surface area contributed by atoms with Crippen LogP contribution in [0, 0.1) is 6.92 Å². The monoisotopic (exact) mass is 355 g/mol. The number of hydrogen-bond acceptors (Lipinski definition) is 2. The molecule has 0 spiro atoms. The smallest absolute Gasteiger partial charge is 0.280 e. The molecular weight excluding hydrogens is 334 g/mol. The van der Waals surface area contributed by atoms with E-state index >= 15 is 0 Å². The van der Waals surface area contributed by atoms with Gasteiger partial charge in [-0.25, -0.2) is 0 Å². The minimum atomic E-state index is -0.0985. The number of aromatic nitrogens is 1. The molecule has 0 fully saturated rings. The fraction of sp³-hybridized carbons (Fsp3) is 0.130. The number of amides is 1. The fourth-order valence-corrected chi connectivity index (χ4v) is 3.58. The summed E-state index contributed by atoms with van der Waals surface area (Å²) in [6, 6.07) is 17.8. The highest BCUT2D eigenvalue weighted by Crippen LogP contribution is 2.30. The van der Waals surface area contributed by atoms with Gasteiger partial charge in [-0.2, -0.15) is 10.1 Å². The molecule has 0 atom stereocenters. The summed E-state index contributed by atoms with van der Waals surface area (Å²) in [4.78, 5) is 13.0. The summed E-state index contributed by atoms with van der Waals surface area (Å²) in [5, 5.41) is 7.08. The normalized spacial score (nSPS) is 15.6. The zero-order valence-electron chi connectivity index (χ0n) is 15.5. The summed E-state index contributed by atoms with van der Waals surface area (Å²) in [7, 11) is 0. The minimum absolute atomic E-state index is 0.0985. The first-order valence-corrected chi connectivity index (χ1v) is 8.97. The molecule has 1 aliphatic heterocycles. The highest BCUT2D eigenvalue weighted by molar-refractivity contribution is 6.32. The SMILES string of the molecule is C=CCn1c(C)c(/C=C2/C(=O)N(c3ccccc3)N=C2C)c2ccccc21. The van der Waals surface area contributed by atoms with Crippen LogP contribution in [0.5, 0.6) is 0 Å². The number of benzene rings is 2. The van der Waals surface area contributed by atoms with E-state index in [2.05, 4.69) is 35.3 Å². The maximum absolute atomic E-state index is 13.0. The van der Waals surface area contributed by atoms with Crippen molar-refractivity contribution in [2.24, 2.45) is 5.10 Å². The molecule has 0 N–H and O–H groups in total. The van der Waals surface area contributed by atoms with Gasteiger partial charge in [0.05, 0.1) is 17.0 Å². The Labute approximate surface area is 158 Å². The van der Waals surface area contributed by atoms with Crippen LogP contribution in [0.4, 0.5) is 5.69 Å². The minimum Gasteiger partial charge on any atom is -0.340 e. The van der Waals surface area contributed by atoms with Crippen LogP contribution in [0.3, 0.4) is 0 Å². The maximum atomic E-state index is 13.0. The van der Waals surface area contributed by atoms with E-state index in [9.17, 15) is 4.79 Å². The topological polar surface area (TPSA) is 37.6 Å². The number of anilines is 1. The van der Waals surface area contributed by atoms with Gasteiger partial charge in [0, 0.05) is 28.7 Å². The summed E-state index contributed by atoms with van der Waals surface area (Å²) in [5.74, 6) is -0.0985. The number of nitrogens with zero attached hydrogens (tertiary/aromatic N) is 3. The van der Waals surface area contributed by atoms with E-state index in [0.717, 1.165) is 40.1 Å². The molecule has 134 valence electrons. The predicted molar refractivity (Wildman–Crippen MR) is 112 cm³/mol. The van der Waals surface area contributed by atoms with Gasteiger partial charge >= 0.3 is 0 Å². The first-order chi connectivity index (χ1) is 13.1. The quantitative estimate of drug-likeness (QED) is 0.482. The van der Waals surface area contributed by atoms with Gasteiger partial charge in [-0.3, -0.25) is 4.79 Å². The van der Waals surface area contributed by atoms with Crippen LogP contribution in [0.1, 0.15) is 18.2 Å². The molecule has 1 aromatic heterocycles. The van der Waals surface area contributed by atoms with E-state index in [0.29, 0.717) is 5.57 Å². The Morgan fingerprint density at radius 1 is 1.04 bits per heavy atom. The lowest BCUT2D eigenvalue weighted by Crippen LogP contribution is -2.21. The number of allylic oxidation sites excluding steroid dienone is 1. The Hall–Kier alpha value is -3.40. The molecule has 0 bridgehead atoms. The second-order valence-electron chi connectivity index (χ2n) is 6.61. The van der Waals surface area contributed by atoms with Crippen molar-refractivity contribution in [1.82, 2.24) is 4.57 Å². The van der Waals surface area contributed by atoms with E-state index in [1.165, 1.54) is 5.01 Å². The lowest BCUT2D eigenvalue weighted by atomic mass is 10.0.